The molecule has 43 heavy (non-hydrogen) atoms. The molecule has 0 radical (unpaired) electrons. The summed E-state index contributed by atoms with van der Waals surface area (Å²) in [6, 6.07) is 20.6. The topological polar surface area (TPSA) is 136 Å². The van der Waals surface area contributed by atoms with Gasteiger partial charge in [0.25, 0.3) is 5.91 Å². The zero-order chi connectivity index (χ0) is 29.9. The number of ether oxygens (including phenoxy) is 1. The Morgan fingerprint density at radius 2 is 1.72 bits per heavy atom. The number of aromatic nitrogens is 5. The van der Waals surface area contributed by atoms with Gasteiger partial charge in [-0.05, 0) is 61.4 Å². The molecule has 1 aliphatic rings. The first-order valence-corrected chi connectivity index (χ1v) is 14.2. The van der Waals surface area contributed by atoms with Gasteiger partial charge in [0.2, 0.25) is 11.8 Å². The summed E-state index contributed by atoms with van der Waals surface area (Å²) in [6.45, 7) is 2.22. The number of nitrogens with zero attached hydrogens (tertiary/aromatic N) is 6. The van der Waals surface area contributed by atoms with Gasteiger partial charge < -0.3 is 19.9 Å². The largest absolute Gasteiger partial charge is 0.376 e. The van der Waals surface area contributed by atoms with E-state index in [1.54, 1.807) is 24.3 Å². The Bertz CT molecular complexity index is 1790. The molecule has 1 saturated heterocycles. The SMILES string of the molecule is CC(=O)Nc1ccc(N(C(=O)Cn2nnc3ccccc32)[C@H](C(=O)NC[C@H]2CCCO2)c2nc3ccccc3n2C)cc1. The molecule has 3 aromatic carbocycles. The van der Waals surface area contributed by atoms with Gasteiger partial charge in [-0.3, -0.25) is 19.3 Å². The maximum absolute atomic E-state index is 14.3. The van der Waals surface area contributed by atoms with Crippen LogP contribution in [0.2, 0.25) is 0 Å². The van der Waals surface area contributed by atoms with Crippen molar-refractivity contribution >= 4 is 51.2 Å². The lowest BCUT2D eigenvalue weighted by Gasteiger charge is -2.31. The molecule has 3 heterocycles. The number of carbonyl (C=O) groups is 3. The second-order valence-electron chi connectivity index (χ2n) is 10.5. The molecule has 5 aromatic rings. The van der Waals surface area contributed by atoms with Gasteiger partial charge in [0.1, 0.15) is 17.9 Å². The van der Waals surface area contributed by atoms with E-state index in [1.165, 1.54) is 16.5 Å². The van der Waals surface area contributed by atoms with E-state index in [-0.39, 0.29) is 18.6 Å². The lowest BCUT2D eigenvalue weighted by molar-refractivity contribution is -0.127. The fourth-order valence-electron chi connectivity index (χ4n) is 5.46. The third-order valence-corrected chi connectivity index (χ3v) is 7.54. The van der Waals surface area contributed by atoms with Crippen molar-refractivity contribution < 1.29 is 19.1 Å². The van der Waals surface area contributed by atoms with E-state index < -0.39 is 17.9 Å². The second kappa shape index (κ2) is 12.0. The van der Waals surface area contributed by atoms with Crippen molar-refractivity contribution in [3.8, 4) is 0 Å². The molecule has 12 nitrogen and oxygen atoms in total. The number of fused-ring (bicyclic) bond motifs is 2. The smallest absolute Gasteiger partial charge is 0.251 e. The van der Waals surface area contributed by atoms with Gasteiger partial charge in [0.05, 0.1) is 22.7 Å². The monoisotopic (exact) mass is 580 g/mol. The Morgan fingerprint density at radius 1 is 1.00 bits per heavy atom. The molecule has 0 aliphatic carbocycles. The van der Waals surface area contributed by atoms with Crippen LogP contribution in [0.4, 0.5) is 11.4 Å². The maximum atomic E-state index is 14.3. The number of imidazole rings is 1. The van der Waals surface area contributed by atoms with Crippen molar-refractivity contribution in [1.29, 1.82) is 0 Å². The van der Waals surface area contributed by atoms with Gasteiger partial charge in [-0.1, -0.05) is 29.5 Å². The Morgan fingerprint density at radius 3 is 2.42 bits per heavy atom. The molecule has 12 heteroatoms. The predicted molar refractivity (Wildman–Crippen MR) is 161 cm³/mol. The summed E-state index contributed by atoms with van der Waals surface area (Å²) in [5.41, 5.74) is 3.89. The first-order chi connectivity index (χ1) is 20.9. The number of aryl methyl sites for hydroxylation is 1. The van der Waals surface area contributed by atoms with Crippen molar-refractivity contribution in [1.82, 2.24) is 29.9 Å². The zero-order valence-corrected chi connectivity index (χ0v) is 23.9. The number of hydrogen-bond donors (Lipinski definition) is 2. The number of amides is 3. The lowest BCUT2D eigenvalue weighted by atomic mass is 10.1. The number of nitrogens with one attached hydrogen (secondary N) is 2. The lowest BCUT2D eigenvalue weighted by Crippen LogP contribution is -2.47. The fraction of sp³-hybridized carbons (Fsp3) is 0.290. The molecular weight excluding hydrogens is 548 g/mol. The highest BCUT2D eigenvalue weighted by Gasteiger charge is 2.37. The van der Waals surface area contributed by atoms with E-state index >= 15 is 0 Å². The Hall–Kier alpha value is -5.10. The van der Waals surface area contributed by atoms with Crippen LogP contribution in [0.3, 0.4) is 0 Å². The summed E-state index contributed by atoms with van der Waals surface area (Å²) < 4.78 is 9.10. The second-order valence-corrected chi connectivity index (χ2v) is 10.5. The highest BCUT2D eigenvalue weighted by Crippen LogP contribution is 2.31. The molecule has 220 valence electrons. The molecule has 6 rings (SSSR count). The Kier molecular flexibility index (Phi) is 7.84. The van der Waals surface area contributed by atoms with Crippen molar-refractivity contribution in [3.05, 3.63) is 78.6 Å². The molecule has 2 atom stereocenters. The average Bonchev–Trinajstić information content (AvgIpc) is 3.75. The van der Waals surface area contributed by atoms with E-state index in [0.717, 1.165) is 18.4 Å². The van der Waals surface area contributed by atoms with Crippen LogP contribution in [0.25, 0.3) is 22.1 Å². The highest BCUT2D eigenvalue weighted by molar-refractivity contribution is 6.02. The standard InChI is InChI=1S/C31H32N8O4/c1-20(40)33-21-13-15-22(16-14-21)39(28(41)19-38-27-12-6-4-10-25(27)35-36-38)29(31(42)32-18-23-8-7-17-43-23)30-34-24-9-3-5-11-26(24)37(30)2/h3-6,9-16,23,29H,7-8,17-19H2,1-2H3,(H,32,42)(H,33,40)/t23-,29+/m1/s1. The van der Waals surface area contributed by atoms with Crippen molar-refractivity contribution in [2.75, 3.05) is 23.4 Å². The van der Waals surface area contributed by atoms with E-state index in [1.807, 2.05) is 60.1 Å². The number of benzene rings is 3. The normalized spacial score (nSPS) is 15.4. The average molecular weight is 581 g/mol. The summed E-state index contributed by atoms with van der Waals surface area (Å²) >= 11 is 0. The number of hydrogen-bond acceptors (Lipinski definition) is 7. The molecule has 0 saturated carbocycles. The van der Waals surface area contributed by atoms with Gasteiger partial charge in [0, 0.05) is 38.5 Å². The molecule has 2 aromatic heterocycles. The van der Waals surface area contributed by atoms with E-state index in [0.29, 0.717) is 46.9 Å². The summed E-state index contributed by atoms with van der Waals surface area (Å²) in [7, 11) is 1.83. The quantitative estimate of drug-likeness (QED) is 0.273. The van der Waals surface area contributed by atoms with Gasteiger partial charge in [-0.15, -0.1) is 5.10 Å². The van der Waals surface area contributed by atoms with E-state index in [2.05, 4.69) is 20.9 Å². The van der Waals surface area contributed by atoms with Gasteiger partial charge in [0.15, 0.2) is 6.04 Å². The van der Waals surface area contributed by atoms with Crippen LogP contribution >= 0.6 is 0 Å². The van der Waals surface area contributed by atoms with Crippen LogP contribution < -0.4 is 15.5 Å². The molecule has 3 amide bonds. The third kappa shape index (κ3) is 5.82. The minimum Gasteiger partial charge on any atom is -0.376 e. The zero-order valence-electron chi connectivity index (χ0n) is 23.9. The molecular formula is C31H32N8O4. The molecule has 0 spiro atoms. The number of rotatable bonds is 9. The molecule has 1 aliphatic heterocycles. The number of anilines is 2. The van der Waals surface area contributed by atoms with Crippen molar-refractivity contribution in [3.63, 3.8) is 0 Å². The minimum atomic E-state index is -1.13. The number of para-hydroxylation sites is 3. The van der Waals surface area contributed by atoms with Gasteiger partial charge in [-0.25, -0.2) is 9.67 Å². The Labute approximate surface area is 247 Å². The summed E-state index contributed by atoms with van der Waals surface area (Å²) in [6.07, 6.45) is 1.70. The Balaban J connectivity index is 1.44. The maximum Gasteiger partial charge on any atom is 0.251 e. The van der Waals surface area contributed by atoms with Crippen LogP contribution in [0, 0.1) is 0 Å². The highest BCUT2D eigenvalue weighted by atomic mass is 16.5. The van der Waals surface area contributed by atoms with Crippen LogP contribution in [-0.4, -0.2) is 61.5 Å². The summed E-state index contributed by atoms with van der Waals surface area (Å²) in [4.78, 5) is 46.4. The predicted octanol–water partition coefficient (Wildman–Crippen LogP) is 3.35. The molecule has 0 unspecified atom stereocenters. The van der Waals surface area contributed by atoms with Crippen LogP contribution in [0.15, 0.2) is 72.8 Å². The first kappa shape index (κ1) is 28.0. The van der Waals surface area contributed by atoms with Crippen molar-refractivity contribution in [2.45, 2.75) is 38.5 Å². The van der Waals surface area contributed by atoms with Crippen LogP contribution in [-0.2, 0) is 32.7 Å². The minimum absolute atomic E-state index is 0.0901. The first-order valence-electron chi connectivity index (χ1n) is 14.2. The third-order valence-electron chi connectivity index (χ3n) is 7.54. The summed E-state index contributed by atoms with van der Waals surface area (Å²) in [5, 5.41) is 14.2. The van der Waals surface area contributed by atoms with Crippen LogP contribution in [0.5, 0.6) is 0 Å². The number of carbonyl (C=O) groups excluding carboxylic acids is 3. The van der Waals surface area contributed by atoms with Crippen molar-refractivity contribution in [2.24, 2.45) is 7.05 Å². The molecule has 0 bridgehead atoms. The van der Waals surface area contributed by atoms with Gasteiger partial charge >= 0.3 is 0 Å². The summed E-state index contributed by atoms with van der Waals surface area (Å²) in [5.74, 6) is -0.609. The van der Waals surface area contributed by atoms with Crippen LogP contribution in [0.1, 0.15) is 31.6 Å². The van der Waals surface area contributed by atoms with E-state index in [4.69, 9.17) is 9.72 Å². The van der Waals surface area contributed by atoms with E-state index in [9.17, 15) is 14.4 Å². The van der Waals surface area contributed by atoms with Gasteiger partial charge in [-0.2, -0.15) is 0 Å². The molecule has 1 fully saturated rings. The molecule has 2 N–H and O–H groups in total. The fourth-order valence-corrected chi connectivity index (χ4v) is 5.46.